The number of ether oxygens (including phenoxy) is 2. The topological polar surface area (TPSA) is 76.7 Å². The van der Waals surface area contributed by atoms with Crippen LogP contribution in [0.3, 0.4) is 0 Å². The Labute approximate surface area is 142 Å². The fraction of sp³-hybridized carbons (Fsp3) is 0.875. The van der Waals surface area contributed by atoms with Crippen molar-refractivity contribution < 1.29 is 19.1 Å². The van der Waals surface area contributed by atoms with Crippen LogP contribution in [0.5, 0.6) is 0 Å². The van der Waals surface area contributed by atoms with Crippen molar-refractivity contribution in [3.8, 4) is 0 Å². The molecule has 6 nitrogen and oxygen atoms in total. The summed E-state index contributed by atoms with van der Waals surface area (Å²) in [6.07, 6.45) is 5.63. The van der Waals surface area contributed by atoms with E-state index in [1.807, 2.05) is 0 Å². The number of nitrogens with one attached hydrogen (secondary N) is 2. The Morgan fingerprint density at radius 1 is 0.870 bits per heavy atom. The van der Waals surface area contributed by atoms with Crippen molar-refractivity contribution in [1.29, 1.82) is 0 Å². The minimum absolute atomic E-state index is 0.0656. The summed E-state index contributed by atoms with van der Waals surface area (Å²) in [6.45, 7) is 2.86. The summed E-state index contributed by atoms with van der Waals surface area (Å²) < 4.78 is 10.9. The predicted molar refractivity (Wildman–Crippen MR) is 90.5 cm³/mol. The van der Waals surface area contributed by atoms with Crippen LogP contribution in [0.1, 0.15) is 38.5 Å². The third-order valence-corrected chi connectivity index (χ3v) is 5.03. The monoisotopic (exact) mass is 344 g/mol. The highest BCUT2D eigenvalue weighted by molar-refractivity contribution is 7.99. The van der Waals surface area contributed by atoms with Crippen LogP contribution in [0.25, 0.3) is 0 Å². The molecule has 2 unspecified atom stereocenters. The lowest BCUT2D eigenvalue weighted by Crippen LogP contribution is -2.32. The number of amides is 2. The van der Waals surface area contributed by atoms with E-state index in [1.165, 1.54) is 0 Å². The highest BCUT2D eigenvalue weighted by atomic mass is 32.2. The smallest absolute Gasteiger partial charge is 0.220 e. The SMILES string of the molecule is O=C(CCSCCC(=O)NCC1CCCO1)NCC1CCCO1. The second-order valence-electron chi connectivity index (χ2n) is 5.99. The van der Waals surface area contributed by atoms with Gasteiger partial charge in [-0.15, -0.1) is 0 Å². The Bertz CT molecular complexity index is 335. The molecule has 2 saturated heterocycles. The summed E-state index contributed by atoms with van der Waals surface area (Å²) in [5, 5.41) is 5.81. The molecule has 2 aliphatic heterocycles. The normalized spacial score (nSPS) is 23.8. The van der Waals surface area contributed by atoms with Crippen molar-refractivity contribution in [2.75, 3.05) is 37.8 Å². The fourth-order valence-electron chi connectivity index (χ4n) is 2.67. The molecule has 23 heavy (non-hydrogen) atoms. The summed E-state index contributed by atoms with van der Waals surface area (Å²) in [5.74, 6) is 1.62. The average Bonchev–Trinajstić information content (AvgIpc) is 3.24. The van der Waals surface area contributed by atoms with Gasteiger partial charge in [-0.3, -0.25) is 9.59 Å². The predicted octanol–water partition coefficient (Wildman–Crippen LogP) is 1.09. The minimum Gasteiger partial charge on any atom is -0.376 e. The lowest BCUT2D eigenvalue weighted by Gasteiger charge is -2.11. The van der Waals surface area contributed by atoms with E-state index in [4.69, 9.17) is 9.47 Å². The minimum atomic E-state index is 0.0656. The van der Waals surface area contributed by atoms with Gasteiger partial charge in [-0.2, -0.15) is 11.8 Å². The summed E-state index contributed by atoms with van der Waals surface area (Å²) >= 11 is 1.64. The summed E-state index contributed by atoms with van der Waals surface area (Å²) in [6, 6.07) is 0. The Balaban J connectivity index is 1.39. The Morgan fingerprint density at radius 2 is 1.35 bits per heavy atom. The van der Waals surface area contributed by atoms with Crippen LogP contribution in [-0.4, -0.2) is 61.8 Å². The third kappa shape index (κ3) is 8.04. The molecule has 0 spiro atoms. The zero-order valence-electron chi connectivity index (χ0n) is 13.7. The van der Waals surface area contributed by atoms with Gasteiger partial charge in [0, 0.05) is 50.7 Å². The van der Waals surface area contributed by atoms with E-state index in [0.717, 1.165) is 50.4 Å². The molecule has 2 rings (SSSR count). The van der Waals surface area contributed by atoms with Gasteiger partial charge in [0.1, 0.15) is 0 Å². The molecular weight excluding hydrogens is 316 g/mol. The van der Waals surface area contributed by atoms with E-state index in [1.54, 1.807) is 11.8 Å². The molecule has 0 aromatic heterocycles. The lowest BCUT2D eigenvalue weighted by molar-refractivity contribution is -0.121. The molecule has 0 aliphatic carbocycles. The molecule has 0 saturated carbocycles. The number of carbonyl (C=O) groups excluding carboxylic acids is 2. The molecule has 0 bridgehead atoms. The number of carbonyl (C=O) groups is 2. The third-order valence-electron chi connectivity index (χ3n) is 4.05. The van der Waals surface area contributed by atoms with Gasteiger partial charge < -0.3 is 20.1 Å². The maximum absolute atomic E-state index is 11.7. The largest absolute Gasteiger partial charge is 0.376 e. The molecule has 132 valence electrons. The molecule has 2 N–H and O–H groups in total. The second kappa shape index (κ2) is 10.9. The van der Waals surface area contributed by atoms with E-state index in [9.17, 15) is 9.59 Å². The zero-order chi connectivity index (χ0) is 16.3. The first-order valence-corrected chi connectivity index (χ1v) is 9.74. The molecule has 0 radical (unpaired) electrons. The Hall–Kier alpha value is -0.790. The van der Waals surface area contributed by atoms with Crippen molar-refractivity contribution in [2.24, 2.45) is 0 Å². The van der Waals surface area contributed by atoms with Crippen LogP contribution in [0.15, 0.2) is 0 Å². The first-order valence-electron chi connectivity index (χ1n) is 8.58. The van der Waals surface area contributed by atoms with Crippen LogP contribution in [0.4, 0.5) is 0 Å². The molecule has 2 fully saturated rings. The summed E-state index contributed by atoms with van der Waals surface area (Å²) in [4.78, 5) is 23.3. The molecule has 2 aliphatic rings. The Kier molecular flexibility index (Phi) is 8.78. The number of rotatable bonds is 10. The maximum Gasteiger partial charge on any atom is 0.220 e. The van der Waals surface area contributed by atoms with Crippen molar-refractivity contribution in [1.82, 2.24) is 10.6 Å². The van der Waals surface area contributed by atoms with E-state index in [0.29, 0.717) is 25.9 Å². The van der Waals surface area contributed by atoms with Gasteiger partial charge in [0.2, 0.25) is 11.8 Å². The van der Waals surface area contributed by atoms with Crippen molar-refractivity contribution in [3.63, 3.8) is 0 Å². The van der Waals surface area contributed by atoms with Crippen LogP contribution in [0, 0.1) is 0 Å². The Morgan fingerprint density at radius 3 is 1.74 bits per heavy atom. The molecular formula is C16H28N2O4S. The molecule has 0 aromatic carbocycles. The first-order chi connectivity index (χ1) is 11.2. The van der Waals surface area contributed by atoms with Crippen LogP contribution < -0.4 is 10.6 Å². The lowest BCUT2D eigenvalue weighted by atomic mass is 10.2. The van der Waals surface area contributed by atoms with E-state index < -0.39 is 0 Å². The standard InChI is InChI=1S/C16H28N2O4S/c19-15(17-11-13-3-1-7-21-13)5-9-23-10-6-16(20)18-12-14-4-2-8-22-14/h13-14H,1-12H2,(H,17,19)(H,18,20). The average molecular weight is 344 g/mol. The first kappa shape index (κ1) is 18.5. The summed E-state index contributed by atoms with van der Waals surface area (Å²) in [7, 11) is 0. The quantitative estimate of drug-likeness (QED) is 0.580. The van der Waals surface area contributed by atoms with Gasteiger partial charge in [0.25, 0.3) is 0 Å². The van der Waals surface area contributed by atoms with Crippen LogP contribution in [0.2, 0.25) is 0 Å². The molecule has 7 heteroatoms. The highest BCUT2D eigenvalue weighted by Crippen LogP contribution is 2.11. The summed E-state index contributed by atoms with van der Waals surface area (Å²) in [5.41, 5.74) is 0. The van der Waals surface area contributed by atoms with Crippen molar-refractivity contribution in [2.45, 2.75) is 50.7 Å². The van der Waals surface area contributed by atoms with Crippen molar-refractivity contribution >= 4 is 23.6 Å². The van der Waals surface area contributed by atoms with Gasteiger partial charge in [-0.05, 0) is 25.7 Å². The fourth-order valence-corrected chi connectivity index (χ4v) is 3.54. The van der Waals surface area contributed by atoms with Crippen LogP contribution >= 0.6 is 11.8 Å². The maximum atomic E-state index is 11.7. The van der Waals surface area contributed by atoms with Gasteiger partial charge in [-0.1, -0.05) is 0 Å². The zero-order valence-corrected chi connectivity index (χ0v) is 14.5. The van der Waals surface area contributed by atoms with E-state index >= 15 is 0 Å². The number of hydrogen-bond acceptors (Lipinski definition) is 5. The highest BCUT2D eigenvalue weighted by Gasteiger charge is 2.17. The molecule has 2 heterocycles. The van der Waals surface area contributed by atoms with E-state index in [-0.39, 0.29) is 24.0 Å². The van der Waals surface area contributed by atoms with Crippen LogP contribution in [-0.2, 0) is 19.1 Å². The van der Waals surface area contributed by atoms with Gasteiger partial charge in [0.15, 0.2) is 0 Å². The van der Waals surface area contributed by atoms with Gasteiger partial charge >= 0.3 is 0 Å². The van der Waals surface area contributed by atoms with Crippen molar-refractivity contribution in [3.05, 3.63) is 0 Å². The van der Waals surface area contributed by atoms with Gasteiger partial charge in [-0.25, -0.2) is 0 Å². The molecule has 2 amide bonds. The molecule has 0 aromatic rings. The number of thioether (sulfide) groups is 1. The number of hydrogen-bond donors (Lipinski definition) is 2. The van der Waals surface area contributed by atoms with Gasteiger partial charge in [0.05, 0.1) is 12.2 Å². The molecule has 2 atom stereocenters. The van der Waals surface area contributed by atoms with E-state index in [2.05, 4.69) is 10.6 Å². The second-order valence-corrected chi connectivity index (χ2v) is 7.22.